The zero-order valence-electron chi connectivity index (χ0n) is 6.45. The van der Waals surface area contributed by atoms with E-state index in [1.165, 1.54) is 23.1 Å². The van der Waals surface area contributed by atoms with Crippen molar-refractivity contribution in [1.82, 2.24) is 5.27 Å². The second-order valence-corrected chi connectivity index (χ2v) is 2.82. The monoisotopic (exact) mass is 199 g/mol. The molecule has 13 heavy (non-hydrogen) atoms. The van der Waals surface area contributed by atoms with Crippen LogP contribution in [-0.2, 0) is 0 Å². The largest absolute Gasteiger partial charge is 0.309 e. The van der Waals surface area contributed by atoms with Crippen LogP contribution in [0.25, 0.3) is 5.69 Å². The first-order valence-electron chi connectivity index (χ1n) is 3.55. The zero-order valence-corrected chi connectivity index (χ0v) is 7.20. The Balaban J connectivity index is 2.49. The average molecular weight is 200 g/mol. The molecule has 0 aliphatic carbocycles. The van der Waals surface area contributed by atoms with Gasteiger partial charge in [0.25, 0.3) is 0 Å². The first kappa shape index (κ1) is 8.19. The summed E-state index contributed by atoms with van der Waals surface area (Å²) in [6.07, 6.45) is 2.97. The molecule has 0 amide bonds. The van der Waals surface area contributed by atoms with Gasteiger partial charge >= 0.3 is 0 Å². The van der Waals surface area contributed by atoms with Crippen LogP contribution in [0.15, 0.2) is 35.2 Å². The minimum atomic E-state index is -0.477. The number of aromatic nitrogens is 2. The summed E-state index contributed by atoms with van der Waals surface area (Å²) in [7, 11) is 0. The van der Waals surface area contributed by atoms with E-state index in [4.69, 9.17) is 11.6 Å². The highest BCUT2D eigenvalue weighted by atomic mass is 35.5. The van der Waals surface area contributed by atoms with Gasteiger partial charge in [0.1, 0.15) is 5.82 Å². The molecule has 66 valence electrons. The van der Waals surface area contributed by atoms with Crippen LogP contribution in [0.4, 0.5) is 4.39 Å². The SMILES string of the molecule is Fc1cc(-[n+]2ccon2)ccc1Cl. The Kier molecular flexibility index (Phi) is 1.98. The highest BCUT2D eigenvalue weighted by molar-refractivity contribution is 6.30. The quantitative estimate of drug-likeness (QED) is 0.655. The third-order valence-corrected chi connectivity index (χ3v) is 1.87. The topological polar surface area (TPSA) is 29.9 Å². The smallest absolute Gasteiger partial charge is 0.244 e. The van der Waals surface area contributed by atoms with Crippen LogP contribution in [0.1, 0.15) is 0 Å². The van der Waals surface area contributed by atoms with Crippen LogP contribution >= 0.6 is 11.6 Å². The van der Waals surface area contributed by atoms with Crippen molar-refractivity contribution < 1.29 is 13.6 Å². The molecule has 1 aromatic heterocycles. The summed E-state index contributed by atoms with van der Waals surface area (Å²) in [4.78, 5) is 0. The number of nitrogens with zero attached hydrogens (tertiary/aromatic N) is 2. The molecule has 3 nitrogen and oxygen atoms in total. The second-order valence-electron chi connectivity index (χ2n) is 2.42. The standard InChI is InChI=1S/C8H5ClFN2O/c9-7-2-1-6(5-8(7)10)12-3-4-13-11-12/h1-5H/q+1. The van der Waals surface area contributed by atoms with Crippen LogP contribution in [0.5, 0.6) is 0 Å². The number of rotatable bonds is 1. The summed E-state index contributed by atoms with van der Waals surface area (Å²) in [6.45, 7) is 0. The summed E-state index contributed by atoms with van der Waals surface area (Å²) in [6, 6.07) is 4.40. The number of benzene rings is 1. The zero-order chi connectivity index (χ0) is 9.26. The summed E-state index contributed by atoms with van der Waals surface area (Å²) >= 11 is 5.51. The van der Waals surface area contributed by atoms with Crippen LogP contribution in [-0.4, -0.2) is 5.27 Å². The highest BCUT2D eigenvalue weighted by Gasteiger charge is 2.11. The molecule has 0 fully saturated rings. The minimum Gasteiger partial charge on any atom is -0.309 e. The van der Waals surface area contributed by atoms with Gasteiger partial charge in [0.2, 0.25) is 17.2 Å². The second kappa shape index (κ2) is 3.14. The summed E-state index contributed by atoms with van der Waals surface area (Å²) < 4.78 is 19.0. The lowest BCUT2D eigenvalue weighted by Gasteiger charge is -1.91. The Hall–Kier alpha value is -1.42. The summed E-state index contributed by atoms with van der Waals surface area (Å²) in [5.74, 6) is -0.477. The maximum absolute atomic E-state index is 13.0. The van der Waals surface area contributed by atoms with Gasteiger partial charge in [-0.2, -0.15) is 0 Å². The number of halogens is 2. The third kappa shape index (κ3) is 1.53. The van der Waals surface area contributed by atoms with E-state index in [9.17, 15) is 4.39 Å². The van der Waals surface area contributed by atoms with E-state index in [-0.39, 0.29) is 5.02 Å². The Morgan fingerprint density at radius 3 is 2.92 bits per heavy atom. The van der Waals surface area contributed by atoms with Crippen molar-refractivity contribution in [3.8, 4) is 5.69 Å². The van der Waals surface area contributed by atoms with Crippen molar-refractivity contribution in [1.29, 1.82) is 0 Å². The first-order valence-corrected chi connectivity index (χ1v) is 3.93. The fourth-order valence-electron chi connectivity index (χ4n) is 0.951. The molecule has 2 rings (SSSR count). The van der Waals surface area contributed by atoms with E-state index < -0.39 is 5.82 Å². The predicted molar refractivity (Wildman–Crippen MR) is 43.0 cm³/mol. The Morgan fingerprint density at radius 1 is 1.46 bits per heavy atom. The molecule has 0 aliphatic rings. The Bertz CT molecular complexity index is 416. The van der Waals surface area contributed by atoms with Crippen molar-refractivity contribution in [2.24, 2.45) is 0 Å². The van der Waals surface area contributed by atoms with E-state index in [2.05, 4.69) is 9.79 Å². The molecule has 0 saturated heterocycles. The maximum Gasteiger partial charge on any atom is 0.244 e. The van der Waals surface area contributed by atoms with Crippen molar-refractivity contribution in [2.45, 2.75) is 0 Å². The van der Waals surface area contributed by atoms with Gasteiger partial charge in [-0.1, -0.05) is 11.6 Å². The van der Waals surface area contributed by atoms with Crippen molar-refractivity contribution in [2.75, 3.05) is 0 Å². The van der Waals surface area contributed by atoms with Crippen LogP contribution in [0.2, 0.25) is 5.02 Å². The Morgan fingerprint density at radius 2 is 2.31 bits per heavy atom. The van der Waals surface area contributed by atoms with Gasteiger partial charge in [-0.3, -0.25) is 0 Å². The van der Waals surface area contributed by atoms with Crippen molar-refractivity contribution in [3.63, 3.8) is 0 Å². The lowest BCUT2D eigenvalue weighted by atomic mass is 10.3. The molecular weight excluding hydrogens is 195 g/mol. The molecule has 0 bridgehead atoms. The molecule has 1 heterocycles. The average Bonchev–Trinajstić information content (AvgIpc) is 2.62. The van der Waals surface area contributed by atoms with E-state index in [1.54, 1.807) is 12.3 Å². The molecule has 0 N–H and O–H groups in total. The van der Waals surface area contributed by atoms with E-state index >= 15 is 0 Å². The molecule has 0 radical (unpaired) electrons. The lowest BCUT2D eigenvalue weighted by molar-refractivity contribution is -0.670. The first-order chi connectivity index (χ1) is 6.27. The molecule has 0 saturated carbocycles. The minimum absolute atomic E-state index is 0.0906. The highest BCUT2D eigenvalue weighted by Crippen LogP contribution is 2.14. The molecule has 2 aromatic rings. The van der Waals surface area contributed by atoms with Gasteiger partial charge < -0.3 is 4.52 Å². The van der Waals surface area contributed by atoms with Crippen LogP contribution < -0.4 is 4.68 Å². The van der Waals surface area contributed by atoms with Crippen LogP contribution in [0, 0.1) is 5.82 Å². The van der Waals surface area contributed by atoms with Gasteiger partial charge in [-0.05, 0) is 10.7 Å². The summed E-state index contributed by atoms with van der Waals surface area (Å²) in [5.41, 5.74) is 0.565. The Labute approximate surface area is 78.3 Å². The lowest BCUT2D eigenvalue weighted by Crippen LogP contribution is -2.31. The summed E-state index contributed by atoms with van der Waals surface area (Å²) in [5, 5.41) is 3.68. The van der Waals surface area contributed by atoms with E-state index in [0.29, 0.717) is 5.69 Å². The van der Waals surface area contributed by atoms with Gasteiger partial charge in [0.05, 0.1) is 11.1 Å². The third-order valence-electron chi connectivity index (χ3n) is 1.57. The van der Waals surface area contributed by atoms with Crippen molar-refractivity contribution in [3.05, 3.63) is 41.5 Å². The molecule has 5 heteroatoms. The number of hydrogen-bond donors (Lipinski definition) is 0. The molecule has 0 spiro atoms. The fraction of sp³-hybridized carbons (Fsp3) is 0. The normalized spacial score (nSPS) is 10.3. The van der Waals surface area contributed by atoms with Gasteiger partial charge in [-0.25, -0.2) is 4.39 Å². The molecule has 0 unspecified atom stereocenters. The van der Waals surface area contributed by atoms with Gasteiger partial charge in [0, 0.05) is 6.07 Å². The van der Waals surface area contributed by atoms with Gasteiger partial charge in [-0.15, -0.1) is 0 Å². The molecule has 0 atom stereocenters. The van der Waals surface area contributed by atoms with Gasteiger partial charge in [0.15, 0.2) is 6.26 Å². The van der Waals surface area contributed by atoms with Crippen molar-refractivity contribution >= 4 is 11.6 Å². The molecule has 0 aliphatic heterocycles. The molecular formula is C8H5ClFN2O+. The molecule has 1 aromatic carbocycles. The number of hydrogen-bond acceptors (Lipinski definition) is 2. The maximum atomic E-state index is 13.0. The van der Waals surface area contributed by atoms with E-state index in [0.717, 1.165) is 0 Å². The predicted octanol–water partition coefficient (Wildman–Crippen LogP) is 1.74. The van der Waals surface area contributed by atoms with E-state index in [1.807, 2.05) is 0 Å². The van der Waals surface area contributed by atoms with Crippen LogP contribution in [0.3, 0.4) is 0 Å². The fourth-order valence-corrected chi connectivity index (χ4v) is 1.07.